The molecule has 0 aliphatic rings. The Morgan fingerprint density at radius 2 is 2.33 bits per heavy atom. The minimum absolute atomic E-state index is 0.0426. The maximum atomic E-state index is 11.8. The van der Waals surface area contributed by atoms with Crippen molar-refractivity contribution in [2.24, 2.45) is 0 Å². The second-order valence-electron chi connectivity index (χ2n) is 4.21. The van der Waals surface area contributed by atoms with Gasteiger partial charge in [-0.3, -0.25) is 5.10 Å². The van der Waals surface area contributed by atoms with Crippen molar-refractivity contribution in [2.45, 2.75) is 23.8 Å². The molecule has 1 atom stereocenters. The molecule has 104 valence electrons. The lowest BCUT2D eigenvalue weighted by Crippen LogP contribution is -2.41. The first-order chi connectivity index (χ1) is 8.28. The molecule has 0 saturated heterocycles. The normalized spacial score (nSPS) is 15.5. The molecule has 1 unspecified atom stereocenters. The van der Waals surface area contributed by atoms with Gasteiger partial charge in [0.15, 0.2) is 0 Å². The van der Waals surface area contributed by atoms with Gasteiger partial charge in [0.2, 0.25) is 10.0 Å². The van der Waals surface area contributed by atoms with Gasteiger partial charge in [0, 0.05) is 26.7 Å². The largest absolute Gasteiger partial charge is 0.389 e. The number of sulfonamides is 1. The van der Waals surface area contributed by atoms with E-state index in [4.69, 9.17) is 10.5 Å². The van der Waals surface area contributed by atoms with E-state index in [1.165, 1.54) is 14.0 Å². The molecule has 0 saturated carbocycles. The summed E-state index contributed by atoms with van der Waals surface area (Å²) in [5, 5.41) is 15.8. The summed E-state index contributed by atoms with van der Waals surface area (Å²) in [5.41, 5.74) is 4.23. The highest BCUT2D eigenvalue weighted by Gasteiger charge is 2.25. The molecule has 0 aliphatic heterocycles. The number of anilines is 1. The number of ether oxygens (including phenoxy) is 1. The van der Waals surface area contributed by atoms with Crippen molar-refractivity contribution in [3.05, 3.63) is 6.20 Å². The van der Waals surface area contributed by atoms with Gasteiger partial charge in [-0.25, -0.2) is 13.1 Å². The van der Waals surface area contributed by atoms with Gasteiger partial charge in [-0.1, -0.05) is 0 Å². The van der Waals surface area contributed by atoms with E-state index in [1.54, 1.807) is 0 Å². The summed E-state index contributed by atoms with van der Waals surface area (Å²) < 4.78 is 30.8. The maximum absolute atomic E-state index is 11.8. The number of rotatable bonds is 7. The van der Waals surface area contributed by atoms with E-state index in [-0.39, 0.29) is 17.3 Å². The molecule has 0 bridgehead atoms. The van der Waals surface area contributed by atoms with Crippen LogP contribution in [0.1, 0.15) is 13.3 Å². The molecule has 1 aromatic heterocycles. The third-order valence-electron chi connectivity index (χ3n) is 2.41. The summed E-state index contributed by atoms with van der Waals surface area (Å²) in [6, 6.07) is 0. The van der Waals surface area contributed by atoms with E-state index in [0.717, 1.165) is 6.20 Å². The highest BCUT2D eigenvalue weighted by Crippen LogP contribution is 2.15. The predicted molar refractivity (Wildman–Crippen MR) is 65.3 cm³/mol. The lowest BCUT2D eigenvalue weighted by Gasteiger charge is -2.22. The fourth-order valence-corrected chi connectivity index (χ4v) is 2.42. The first-order valence-corrected chi connectivity index (χ1v) is 6.77. The molecule has 9 heteroatoms. The second-order valence-corrected chi connectivity index (χ2v) is 5.95. The van der Waals surface area contributed by atoms with Crippen LogP contribution in [0.5, 0.6) is 0 Å². The summed E-state index contributed by atoms with van der Waals surface area (Å²) in [6.07, 6.45) is 1.43. The van der Waals surface area contributed by atoms with Crippen LogP contribution in [0.25, 0.3) is 0 Å². The average Bonchev–Trinajstić information content (AvgIpc) is 2.71. The van der Waals surface area contributed by atoms with Crippen LogP contribution in [0.15, 0.2) is 11.1 Å². The molecular formula is C9H18N4O4S. The minimum Gasteiger partial charge on any atom is -0.389 e. The van der Waals surface area contributed by atoms with E-state index in [1.807, 2.05) is 0 Å². The summed E-state index contributed by atoms with van der Waals surface area (Å²) in [5.74, 6) is -0.0426. The van der Waals surface area contributed by atoms with Crippen LogP contribution in [-0.4, -0.2) is 49.6 Å². The van der Waals surface area contributed by atoms with Crippen LogP contribution in [0.4, 0.5) is 5.82 Å². The lowest BCUT2D eigenvalue weighted by molar-refractivity contribution is 0.0292. The quantitative estimate of drug-likeness (QED) is 0.509. The van der Waals surface area contributed by atoms with Crippen molar-refractivity contribution >= 4 is 15.8 Å². The molecule has 0 aromatic carbocycles. The molecule has 0 amide bonds. The first-order valence-electron chi connectivity index (χ1n) is 5.28. The van der Waals surface area contributed by atoms with E-state index in [9.17, 15) is 13.5 Å². The third-order valence-corrected chi connectivity index (χ3v) is 3.84. The van der Waals surface area contributed by atoms with Crippen molar-refractivity contribution in [1.82, 2.24) is 14.9 Å². The van der Waals surface area contributed by atoms with Crippen LogP contribution in [0, 0.1) is 0 Å². The Labute approximate surface area is 106 Å². The lowest BCUT2D eigenvalue weighted by atomic mass is 10.0. The number of nitrogen functional groups attached to an aromatic ring is 1. The van der Waals surface area contributed by atoms with Crippen molar-refractivity contribution in [2.75, 3.05) is 26.0 Å². The number of methoxy groups -OCH3 is 1. The van der Waals surface area contributed by atoms with Gasteiger partial charge in [-0.05, 0) is 6.92 Å². The van der Waals surface area contributed by atoms with Crippen LogP contribution in [-0.2, 0) is 14.8 Å². The van der Waals surface area contributed by atoms with Gasteiger partial charge in [-0.2, -0.15) is 5.10 Å². The Hall–Kier alpha value is -1.16. The van der Waals surface area contributed by atoms with Gasteiger partial charge >= 0.3 is 0 Å². The Kier molecular flexibility index (Phi) is 4.68. The van der Waals surface area contributed by atoms with Gasteiger partial charge in [0.25, 0.3) is 0 Å². The number of nitrogens with two attached hydrogens (primary N) is 1. The van der Waals surface area contributed by atoms with Crippen LogP contribution in [0.2, 0.25) is 0 Å². The number of nitrogens with one attached hydrogen (secondary N) is 2. The van der Waals surface area contributed by atoms with Gasteiger partial charge in [0.1, 0.15) is 10.7 Å². The molecule has 18 heavy (non-hydrogen) atoms. The summed E-state index contributed by atoms with van der Waals surface area (Å²) in [4.78, 5) is -0.134. The molecule has 1 heterocycles. The van der Waals surface area contributed by atoms with Crippen molar-refractivity contribution in [3.8, 4) is 0 Å². The number of aliphatic hydroxyl groups is 1. The van der Waals surface area contributed by atoms with E-state index < -0.39 is 15.6 Å². The Bertz CT molecular complexity index is 483. The highest BCUT2D eigenvalue weighted by molar-refractivity contribution is 7.89. The maximum Gasteiger partial charge on any atom is 0.245 e. The zero-order chi connectivity index (χ0) is 13.8. The van der Waals surface area contributed by atoms with Crippen LogP contribution in [0.3, 0.4) is 0 Å². The second kappa shape index (κ2) is 5.65. The zero-order valence-electron chi connectivity index (χ0n) is 10.3. The van der Waals surface area contributed by atoms with Crippen molar-refractivity contribution in [3.63, 3.8) is 0 Å². The van der Waals surface area contributed by atoms with Crippen LogP contribution < -0.4 is 10.5 Å². The van der Waals surface area contributed by atoms with E-state index >= 15 is 0 Å². The summed E-state index contributed by atoms with van der Waals surface area (Å²) in [7, 11) is -2.27. The molecule has 8 nitrogen and oxygen atoms in total. The number of aromatic amines is 1. The molecule has 0 spiro atoms. The van der Waals surface area contributed by atoms with Crippen LogP contribution >= 0.6 is 0 Å². The number of hydrogen-bond donors (Lipinski definition) is 4. The standard InChI is InChI=1S/C9H18N4O4S/c1-9(14,3-4-17-2)6-12-18(15,16)7-5-11-13-8(7)10/h5,12,14H,3-4,6H2,1-2H3,(H3,10,11,13). The van der Waals surface area contributed by atoms with Crippen molar-refractivity contribution < 1.29 is 18.3 Å². The molecular weight excluding hydrogens is 260 g/mol. The molecule has 0 fully saturated rings. The topological polar surface area (TPSA) is 130 Å². The fraction of sp³-hybridized carbons (Fsp3) is 0.667. The predicted octanol–water partition coefficient (Wildman–Crippen LogP) is -0.942. The number of aromatic nitrogens is 2. The fourth-order valence-electron chi connectivity index (χ4n) is 1.24. The third kappa shape index (κ3) is 3.95. The first kappa shape index (κ1) is 14.9. The summed E-state index contributed by atoms with van der Waals surface area (Å²) in [6.45, 7) is 1.72. The SMILES string of the molecule is COCCC(C)(O)CNS(=O)(=O)c1cn[nH]c1N. The molecule has 5 N–H and O–H groups in total. The number of nitrogens with zero attached hydrogens (tertiary/aromatic N) is 1. The summed E-state index contributed by atoms with van der Waals surface area (Å²) >= 11 is 0. The van der Waals surface area contributed by atoms with E-state index in [2.05, 4.69) is 14.9 Å². The number of hydrogen-bond acceptors (Lipinski definition) is 6. The van der Waals surface area contributed by atoms with Gasteiger partial charge in [-0.15, -0.1) is 0 Å². The molecule has 0 aliphatic carbocycles. The molecule has 0 radical (unpaired) electrons. The Balaban J connectivity index is 2.66. The molecule has 1 rings (SSSR count). The zero-order valence-corrected chi connectivity index (χ0v) is 11.1. The van der Waals surface area contributed by atoms with Crippen molar-refractivity contribution in [1.29, 1.82) is 0 Å². The average molecular weight is 278 g/mol. The highest BCUT2D eigenvalue weighted by atomic mass is 32.2. The minimum atomic E-state index is -3.78. The number of H-pyrrole nitrogens is 1. The Morgan fingerprint density at radius 1 is 1.67 bits per heavy atom. The van der Waals surface area contributed by atoms with Gasteiger partial charge in [0.05, 0.1) is 11.8 Å². The molecule has 1 aromatic rings. The Morgan fingerprint density at radius 3 is 2.83 bits per heavy atom. The van der Waals surface area contributed by atoms with E-state index in [0.29, 0.717) is 13.0 Å². The smallest absolute Gasteiger partial charge is 0.245 e. The van der Waals surface area contributed by atoms with Gasteiger partial charge < -0.3 is 15.6 Å². The monoisotopic (exact) mass is 278 g/mol.